The van der Waals surface area contributed by atoms with Crippen LogP contribution < -0.4 is 5.32 Å². The van der Waals surface area contributed by atoms with Crippen LogP contribution in [0.3, 0.4) is 0 Å². The third kappa shape index (κ3) is 3.48. The van der Waals surface area contributed by atoms with E-state index < -0.39 is 17.6 Å². The maximum Gasteiger partial charge on any atom is 0.416 e. The van der Waals surface area contributed by atoms with Crippen molar-refractivity contribution in [3.05, 3.63) is 84.2 Å². The first-order chi connectivity index (χ1) is 13.4. The summed E-state index contributed by atoms with van der Waals surface area (Å²) in [5.41, 5.74) is 1.44. The summed E-state index contributed by atoms with van der Waals surface area (Å²) >= 11 is 0. The maximum atomic E-state index is 12.7. The van der Waals surface area contributed by atoms with Crippen molar-refractivity contribution in [3.63, 3.8) is 0 Å². The first-order valence-corrected chi connectivity index (χ1v) is 8.35. The van der Waals surface area contributed by atoms with Crippen molar-refractivity contribution in [2.75, 3.05) is 5.32 Å². The van der Waals surface area contributed by atoms with E-state index in [-0.39, 0.29) is 5.76 Å². The number of amides is 1. The van der Waals surface area contributed by atoms with Crippen LogP contribution in [-0.4, -0.2) is 15.5 Å². The molecule has 1 amide bonds. The summed E-state index contributed by atoms with van der Waals surface area (Å²) in [4.78, 5) is 16.0. The highest BCUT2D eigenvalue weighted by Crippen LogP contribution is 2.30. The third-order valence-electron chi connectivity index (χ3n) is 4.33. The predicted octanol–water partition coefficient (Wildman–Crippen LogP) is 4.95. The molecule has 2 heterocycles. The van der Waals surface area contributed by atoms with E-state index in [1.54, 1.807) is 6.20 Å². The Kier molecular flexibility index (Phi) is 4.38. The fraction of sp³-hybridized carbons (Fsp3) is 0.100. The number of carbonyl (C=O) groups excluding carboxylic acids is 1. The Bertz CT molecular complexity index is 1110. The van der Waals surface area contributed by atoms with Gasteiger partial charge in [-0.1, -0.05) is 30.3 Å². The number of hydrogen-bond donors (Lipinski definition) is 1. The van der Waals surface area contributed by atoms with Crippen LogP contribution in [-0.2, 0) is 12.7 Å². The summed E-state index contributed by atoms with van der Waals surface area (Å²) in [7, 11) is 0. The third-order valence-corrected chi connectivity index (χ3v) is 4.33. The second-order valence-corrected chi connectivity index (χ2v) is 6.20. The van der Waals surface area contributed by atoms with Gasteiger partial charge in [0.15, 0.2) is 6.39 Å². The minimum Gasteiger partial charge on any atom is -0.438 e. The van der Waals surface area contributed by atoms with Crippen LogP contribution in [0, 0.1) is 0 Å². The van der Waals surface area contributed by atoms with Crippen molar-refractivity contribution in [2.45, 2.75) is 12.7 Å². The van der Waals surface area contributed by atoms with Gasteiger partial charge in [0.2, 0.25) is 5.76 Å². The second kappa shape index (κ2) is 6.88. The lowest BCUT2D eigenvalue weighted by Crippen LogP contribution is -2.10. The summed E-state index contributed by atoms with van der Waals surface area (Å²) in [6.07, 6.45) is -0.132. The summed E-state index contributed by atoms with van der Waals surface area (Å²) in [5, 5.41) is 3.59. The molecule has 0 saturated heterocycles. The van der Waals surface area contributed by atoms with E-state index in [1.807, 2.05) is 28.8 Å². The van der Waals surface area contributed by atoms with Crippen LogP contribution in [0.2, 0.25) is 0 Å². The van der Waals surface area contributed by atoms with Crippen molar-refractivity contribution >= 4 is 22.5 Å². The van der Waals surface area contributed by atoms with Gasteiger partial charge in [0.1, 0.15) is 0 Å². The number of benzene rings is 2. The van der Waals surface area contributed by atoms with Crippen molar-refractivity contribution in [1.82, 2.24) is 9.55 Å². The molecular weight excluding hydrogens is 371 g/mol. The molecule has 5 nitrogen and oxygen atoms in total. The zero-order chi connectivity index (χ0) is 19.7. The highest BCUT2D eigenvalue weighted by molar-refractivity contribution is 6.07. The van der Waals surface area contributed by atoms with Gasteiger partial charge in [-0.05, 0) is 23.8 Å². The smallest absolute Gasteiger partial charge is 0.416 e. The topological polar surface area (TPSA) is 60.1 Å². The standard InChI is InChI=1S/C20H14F3N3O2/c21-20(22,23)14-7-5-13(6-8-14)10-26-11-16(15-3-1-2-4-17(15)26)25-19(27)18-9-24-12-28-18/h1-9,11-12H,10H2,(H,25,27). The van der Waals surface area contributed by atoms with Crippen molar-refractivity contribution in [1.29, 1.82) is 0 Å². The summed E-state index contributed by atoms with van der Waals surface area (Å²) < 4.78 is 45.1. The summed E-state index contributed by atoms with van der Waals surface area (Å²) in [6.45, 7) is 0.358. The predicted molar refractivity (Wildman–Crippen MR) is 96.9 cm³/mol. The van der Waals surface area contributed by atoms with Crippen LogP contribution in [0.25, 0.3) is 10.9 Å². The van der Waals surface area contributed by atoms with E-state index in [2.05, 4.69) is 10.3 Å². The van der Waals surface area contributed by atoms with Crippen molar-refractivity contribution in [2.24, 2.45) is 0 Å². The van der Waals surface area contributed by atoms with Crippen molar-refractivity contribution in [3.8, 4) is 0 Å². The first kappa shape index (κ1) is 17.8. The van der Waals surface area contributed by atoms with Crippen LogP contribution in [0.5, 0.6) is 0 Å². The Morgan fingerprint density at radius 1 is 1.11 bits per heavy atom. The number of hydrogen-bond acceptors (Lipinski definition) is 3. The lowest BCUT2D eigenvalue weighted by Gasteiger charge is -2.09. The molecule has 4 aromatic rings. The first-order valence-electron chi connectivity index (χ1n) is 8.35. The number of fused-ring (bicyclic) bond motifs is 1. The van der Waals surface area contributed by atoms with E-state index in [0.717, 1.165) is 23.0 Å². The Hall–Kier alpha value is -3.55. The molecule has 0 spiro atoms. The number of oxazole rings is 1. The molecule has 0 atom stereocenters. The molecule has 2 aromatic carbocycles. The van der Waals surface area contributed by atoms with Crippen LogP contribution in [0.15, 0.2) is 71.7 Å². The zero-order valence-electron chi connectivity index (χ0n) is 14.4. The van der Waals surface area contributed by atoms with Crippen LogP contribution in [0.1, 0.15) is 21.7 Å². The molecule has 0 aliphatic carbocycles. The van der Waals surface area contributed by atoms with Gasteiger partial charge in [-0.3, -0.25) is 4.79 Å². The molecule has 0 bridgehead atoms. The number of carbonyl (C=O) groups is 1. The van der Waals surface area contributed by atoms with Gasteiger partial charge in [0.05, 0.1) is 23.0 Å². The number of anilines is 1. The average molecular weight is 385 g/mol. The van der Waals surface area contributed by atoms with Crippen molar-refractivity contribution < 1.29 is 22.4 Å². The number of para-hydroxylation sites is 1. The minimum atomic E-state index is -4.36. The fourth-order valence-electron chi connectivity index (χ4n) is 2.98. The molecule has 1 N–H and O–H groups in total. The van der Waals surface area contributed by atoms with Gasteiger partial charge >= 0.3 is 6.18 Å². The van der Waals surface area contributed by atoms with E-state index in [9.17, 15) is 18.0 Å². The molecule has 142 valence electrons. The molecule has 0 saturated carbocycles. The molecule has 4 rings (SSSR count). The molecule has 2 aromatic heterocycles. The molecule has 0 radical (unpaired) electrons. The molecule has 28 heavy (non-hydrogen) atoms. The summed E-state index contributed by atoms with van der Waals surface area (Å²) in [5.74, 6) is -0.352. The lowest BCUT2D eigenvalue weighted by atomic mass is 10.1. The van der Waals surface area contributed by atoms with E-state index in [4.69, 9.17) is 4.42 Å². The number of nitrogens with one attached hydrogen (secondary N) is 1. The van der Waals surface area contributed by atoms with Gasteiger partial charge in [0, 0.05) is 18.1 Å². The number of alkyl halides is 3. The second-order valence-electron chi connectivity index (χ2n) is 6.20. The summed E-state index contributed by atoms with van der Waals surface area (Å²) in [6, 6.07) is 12.5. The number of nitrogens with zero attached hydrogens (tertiary/aromatic N) is 2. The number of rotatable bonds is 4. The average Bonchev–Trinajstić information content (AvgIpc) is 3.31. The van der Waals surface area contributed by atoms with E-state index in [0.29, 0.717) is 17.8 Å². The van der Waals surface area contributed by atoms with Crippen LogP contribution >= 0.6 is 0 Å². The number of aromatic nitrogens is 2. The fourth-order valence-corrected chi connectivity index (χ4v) is 2.98. The Morgan fingerprint density at radius 2 is 1.86 bits per heavy atom. The van der Waals surface area contributed by atoms with E-state index >= 15 is 0 Å². The molecular formula is C20H14F3N3O2. The van der Waals surface area contributed by atoms with E-state index in [1.165, 1.54) is 24.7 Å². The normalized spacial score (nSPS) is 11.7. The molecule has 0 fully saturated rings. The van der Waals surface area contributed by atoms with Gasteiger partial charge in [0.25, 0.3) is 5.91 Å². The largest absolute Gasteiger partial charge is 0.438 e. The Balaban J connectivity index is 1.63. The SMILES string of the molecule is O=C(Nc1cn(Cc2ccc(C(F)(F)F)cc2)c2ccccc12)c1cnco1. The van der Waals surface area contributed by atoms with Gasteiger partial charge in [-0.2, -0.15) is 13.2 Å². The quantitative estimate of drug-likeness (QED) is 0.541. The maximum absolute atomic E-state index is 12.7. The van der Waals surface area contributed by atoms with Gasteiger partial charge in [-0.25, -0.2) is 4.98 Å². The zero-order valence-corrected chi connectivity index (χ0v) is 14.4. The van der Waals surface area contributed by atoms with Gasteiger partial charge in [-0.15, -0.1) is 0 Å². The molecule has 8 heteroatoms. The highest BCUT2D eigenvalue weighted by atomic mass is 19.4. The molecule has 0 aliphatic heterocycles. The Labute approximate surface area is 157 Å². The van der Waals surface area contributed by atoms with Gasteiger partial charge < -0.3 is 14.3 Å². The minimum absolute atomic E-state index is 0.0829. The Morgan fingerprint density at radius 3 is 2.54 bits per heavy atom. The molecule has 0 unspecified atom stereocenters. The van der Waals surface area contributed by atoms with Crippen LogP contribution in [0.4, 0.5) is 18.9 Å². The molecule has 0 aliphatic rings. The monoisotopic (exact) mass is 385 g/mol. The highest BCUT2D eigenvalue weighted by Gasteiger charge is 2.29. The number of halogens is 3. The lowest BCUT2D eigenvalue weighted by molar-refractivity contribution is -0.137.